The smallest absolute Gasteiger partial charge is 0.261 e. The van der Waals surface area contributed by atoms with Crippen LogP contribution in [0.1, 0.15) is 10.4 Å². The minimum absolute atomic E-state index is 0.272. The van der Waals surface area contributed by atoms with Crippen LogP contribution in [0.5, 0.6) is 0 Å². The lowest BCUT2D eigenvalue weighted by Crippen LogP contribution is -2.23. The van der Waals surface area contributed by atoms with E-state index >= 15 is 0 Å². The average molecular weight is 268 g/mol. The maximum absolute atomic E-state index is 13.3. The zero-order valence-electron chi connectivity index (χ0n) is 9.34. The van der Waals surface area contributed by atoms with Crippen LogP contribution in [0.4, 0.5) is 18.9 Å². The van der Waals surface area contributed by atoms with E-state index in [-0.39, 0.29) is 5.56 Å². The third-order valence-corrected chi connectivity index (χ3v) is 2.35. The minimum Gasteiger partial charge on any atom is -0.328 e. The van der Waals surface area contributed by atoms with Crippen LogP contribution in [0, 0.1) is 17.5 Å². The first kappa shape index (κ1) is 12.9. The van der Waals surface area contributed by atoms with Crippen LogP contribution < -0.4 is 10.9 Å². The molecule has 0 saturated carbocycles. The largest absolute Gasteiger partial charge is 0.328 e. The van der Waals surface area contributed by atoms with Gasteiger partial charge in [-0.05, 0) is 24.3 Å². The minimum atomic E-state index is -1.69. The van der Waals surface area contributed by atoms with Gasteiger partial charge in [-0.3, -0.25) is 9.59 Å². The van der Waals surface area contributed by atoms with Crippen molar-refractivity contribution in [1.29, 1.82) is 0 Å². The Kier molecular flexibility index (Phi) is 3.37. The zero-order valence-corrected chi connectivity index (χ0v) is 9.34. The molecule has 1 heterocycles. The summed E-state index contributed by atoms with van der Waals surface area (Å²) >= 11 is 0. The molecule has 2 N–H and O–H groups in total. The van der Waals surface area contributed by atoms with Gasteiger partial charge < -0.3 is 10.3 Å². The molecule has 1 amide bonds. The average Bonchev–Trinajstić information content (AvgIpc) is 2.40. The van der Waals surface area contributed by atoms with Crippen molar-refractivity contribution in [2.45, 2.75) is 0 Å². The van der Waals surface area contributed by atoms with Crippen LogP contribution in [0.25, 0.3) is 0 Å². The van der Waals surface area contributed by atoms with Crippen molar-refractivity contribution in [2.24, 2.45) is 0 Å². The van der Waals surface area contributed by atoms with Gasteiger partial charge >= 0.3 is 0 Å². The van der Waals surface area contributed by atoms with Gasteiger partial charge in [0.15, 0.2) is 17.5 Å². The Morgan fingerprint density at radius 2 is 1.84 bits per heavy atom. The van der Waals surface area contributed by atoms with E-state index in [1.165, 1.54) is 18.3 Å². The Morgan fingerprint density at radius 3 is 2.53 bits per heavy atom. The van der Waals surface area contributed by atoms with Crippen molar-refractivity contribution in [1.82, 2.24) is 4.98 Å². The molecule has 2 aromatic rings. The lowest BCUT2D eigenvalue weighted by atomic mass is 10.2. The van der Waals surface area contributed by atoms with Gasteiger partial charge in [0, 0.05) is 6.20 Å². The van der Waals surface area contributed by atoms with Crippen LogP contribution in [0.2, 0.25) is 0 Å². The van der Waals surface area contributed by atoms with Gasteiger partial charge in [0.2, 0.25) is 0 Å². The van der Waals surface area contributed by atoms with Crippen molar-refractivity contribution in [3.8, 4) is 0 Å². The predicted octanol–water partition coefficient (Wildman–Crippen LogP) is 2.04. The van der Waals surface area contributed by atoms with E-state index in [0.29, 0.717) is 6.07 Å². The van der Waals surface area contributed by atoms with E-state index < -0.39 is 34.6 Å². The number of rotatable bonds is 2. The zero-order chi connectivity index (χ0) is 14.0. The maximum Gasteiger partial charge on any atom is 0.261 e. The quantitative estimate of drug-likeness (QED) is 0.819. The summed E-state index contributed by atoms with van der Waals surface area (Å²) in [5.41, 5.74) is -1.50. The number of hydrogen-bond donors (Lipinski definition) is 2. The third kappa shape index (κ3) is 2.49. The normalized spacial score (nSPS) is 10.3. The molecule has 19 heavy (non-hydrogen) atoms. The third-order valence-electron chi connectivity index (χ3n) is 2.35. The summed E-state index contributed by atoms with van der Waals surface area (Å²) in [5.74, 6) is -5.51. The van der Waals surface area contributed by atoms with Crippen molar-refractivity contribution < 1.29 is 18.0 Å². The molecule has 98 valence electrons. The molecule has 7 heteroatoms. The first-order valence-corrected chi connectivity index (χ1v) is 5.13. The number of aromatic nitrogens is 1. The SMILES string of the molecule is O=C(Nc1ccc(F)c(F)c1F)c1ccc[nH]c1=O. The molecule has 0 saturated heterocycles. The molecular formula is C12H7F3N2O2. The van der Waals surface area contributed by atoms with E-state index in [9.17, 15) is 22.8 Å². The van der Waals surface area contributed by atoms with Gasteiger partial charge in [-0.15, -0.1) is 0 Å². The summed E-state index contributed by atoms with van der Waals surface area (Å²) in [6, 6.07) is 4.15. The Balaban J connectivity index is 2.33. The summed E-state index contributed by atoms with van der Waals surface area (Å²) in [5, 5.41) is 1.99. The summed E-state index contributed by atoms with van der Waals surface area (Å²) in [6.07, 6.45) is 1.32. The number of pyridine rings is 1. The van der Waals surface area contributed by atoms with Gasteiger partial charge in [0.1, 0.15) is 5.56 Å². The second-order valence-electron chi connectivity index (χ2n) is 3.59. The van der Waals surface area contributed by atoms with Crippen molar-refractivity contribution in [3.05, 3.63) is 63.8 Å². The number of H-pyrrole nitrogens is 1. The maximum atomic E-state index is 13.3. The summed E-state index contributed by atoms with van der Waals surface area (Å²) < 4.78 is 39.0. The first-order valence-electron chi connectivity index (χ1n) is 5.13. The lowest BCUT2D eigenvalue weighted by Gasteiger charge is -2.06. The van der Waals surface area contributed by atoms with E-state index in [4.69, 9.17) is 0 Å². The van der Waals surface area contributed by atoms with E-state index in [2.05, 4.69) is 4.98 Å². The Morgan fingerprint density at radius 1 is 1.11 bits per heavy atom. The molecule has 0 aliphatic rings. The molecule has 0 atom stereocenters. The van der Waals surface area contributed by atoms with Crippen LogP contribution in [0.15, 0.2) is 35.3 Å². The van der Waals surface area contributed by atoms with E-state index in [1.807, 2.05) is 5.32 Å². The topological polar surface area (TPSA) is 62.0 Å². The number of anilines is 1. The fourth-order valence-electron chi connectivity index (χ4n) is 1.41. The number of nitrogens with one attached hydrogen (secondary N) is 2. The van der Waals surface area contributed by atoms with Crippen LogP contribution in [0.3, 0.4) is 0 Å². The van der Waals surface area contributed by atoms with Gasteiger partial charge in [0.25, 0.3) is 11.5 Å². The highest BCUT2D eigenvalue weighted by Gasteiger charge is 2.17. The highest BCUT2D eigenvalue weighted by molar-refractivity contribution is 6.04. The molecule has 1 aromatic heterocycles. The fourth-order valence-corrected chi connectivity index (χ4v) is 1.41. The summed E-state index contributed by atoms with van der Waals surface area (Å²) in [6.45, 7) is 0. The molecule has 1 aromatic carbocycles. The van der Waals surface area contributed by atoms with Crippen molar-refractivity contribution >= 4 is 11.6 Å². The highest BCUT2D eigenvalue weighted by Crippen LogP contribution is 2.19. The number of amides is 1. The molecule has 0 unspecified atom stereocenters. The van der Waals surface area contributed by atoms with E-state index in [0.717, 1.165) is 6.07 Å². The summed E-state index contributed by atoms with van der Waals surface area (Å²) in [4.78, 5) is 25.2. The second-order valence-corrected chi connectivity index (χ2v) is 3.59. The van der Waals surface area contributed by atoms with E-state index in [1.54, 1.807) is 0 Å². The molecule has 2 rings (SSSR count). The molecule has 0 fully saturated rings. The van der Waals surface area contributed by atoms with Crippen LogP contribution >= 0.6 is 0 Å². The standard InChI is InChI=1S/C12H7F3N2O2/c13-7-3-4-8(10(15)9(7)14)17-12(19)6-2-1-5-16-11(6)18/h1-5H,(H,16,18)(H,17,19). The molecule has 0 radical (unpaired) electrons. The second kappa shape index (κ2) is 4.97. The number of benzene rings is 1. The molecular weight excluding hydrogens is 261 g/mol. The highest BCUT2D eigenvalue weighted by atomic mass is 19.2. The summed E-state index contributed by atoms with van der Waals surface area (Å²) in [7, 11) is 0. The molecule has 0 bridgehead atoms. The van der Waals surface area contributed by atoms with Crippen molar-refractivity contribution in [3.63, 3.8) is 0 Å². The van der Waals surface area contributed by atoms with Crippen LogP contribution in [-0.2, 0) is 0 Å². The lowest BCUT2D eigenvalue weighted by molar-refractivity contribution is 0.102. The number of aromatic amines is 1. The molecule has 0 aliphatic heterocycles. The van der Waals surface area contributed by atoms with Gasteiger partial charge in [-0.2, -0.15) is 0 Å². The molecule has 4 nitrogen and oxygen atoms in total. The van der Waals surface area contributed by atoms with Crippen LogP contribution in [-0.4, -0.2) is 10.9 Å². The fraction of sp³-hybridized carbons (Fsp3) is 0. The monoisotopic (exact) mass is 268 g/mol. The Hall–Kier alpha value is -2.57. The predicted molar refractivity (Wildman–Crippen MR) is 61.3 cm³/mol. The number of halogens is 3. The Labute approximate surface area is 104 Å². The van der Waals surface area contributed by atoms with Crippen molar-refractivity contribution in [2.75, 3.05) is 5.32 Å². The molecule has 0 spiro atoms. The number of hydrogen-bond acceptors (Lipinski definition) is 2. The van der Waals surface area contributed by atoms with Gasteiger partial charge in [0.05, 0.1) is 5.69 Å². The Bertz CT molecular complexity index is 698. The van der Waals surface area contributed by atoms with Gasteiger partial charge in [-0.1, -0.05) is 0 Å². The molecule has 0 aliphatic carbocycles. The first-order chi connectivity index (χ1) is 9.00. The number of carbonyl (C=O) groups is 1. The number of carbonyl (C=O) groups excluding carboxylic acids is 1. The van der Waals surface area contributed by atoms with Gasteiger partial charge in [-0.25, -0.2) is 13.2 Å².